The predicted molar refractivity (Wildman–Crippen MR) is 148 cm³/mol. The lowest BCUT2D eigenvalue weighted by atomic mass is 10.0. The number of urea groups is 1. The van der Waals surface area contributed by atoms with Crippen LogP contribution < -0.4 is 10.6 Å². The standard InChI is InChI=1S/C31H48N2O/c1-3-5-7-9-11-13-15-17-27-19-23-29(24-20-27)33(31(32)34)30-25-21-28(22-26-30)18-16-14-12-10-8-6-4-2/h19-26H,3-18H2,1-2H3,(H2,32,34). The Morgan fingerprint density at radius 1 is 0.559 bits per heavy atom. The first-order valence-electron chi connectivity index (χ1n) is 13.9. The summed E-state index contributed by atoms with van der Waals surface area (Å²) in [7, 11) is 0. The molecule has 0 atom stereocenters. The molecule has 2 aromatic rings. The number of carbonyl (C=O) groups is 1. The van der Waals surface area contributed by atoms with Crippen molar-refractivity contribution < 1.29 is 4.79 Å². The Kier molecular flexibility index (Phi) is 14.1. The molecule has 3 heteroatoms. The molecule has 0 spiro atoms. The number of amides is 2. The lowest BCUT2D eigenvalue weighted by Crippen LogP contribution is -2.31. The van der Waals surface area contributed by atoms with Crippen LogP contribution in [0.25, 0.3) is 0 Å². The van der Waals surface area contributed by atoms with E-state index in [1.807, 2.05) is 24.3 Å². The molecule has 0 aliphatic carbocycles. The smallest absolute Gasteiger partial charge is 0.323 e. The summed E-state index contributed by atoms with van der Waals surface area (Å²) in [6.07, 6.45) is 20.7. The van der Waals surface area contributed by atoms with Gasteiger partial charge in [0.1, 0.15) is 0 Å². The van der Waals surface area contributed by atoms with Crippen molar-refractivity contribution >= 4 is 17.4 Å². The minimum atomic E-state index is -0.445. The molecule has 0 saturated heterocycles. The lowest BCUT2D eigenvalue weighted by molar-refractivity contribution is 0.256. The van der Waals surface area contributed by atoms with Crippen LogP contribution in [0.3, 0.4) is 0 Å². The van der Waals surface area contributed by atoms with Gasteiger partial charge in [0, 0.05) is 0 Å². The van der Waals surface area contributed by atoms with Gasteiger partial charge in [-0.2, -0.15) is 0 Å². The zero-order chi connectivity index (χ0) is 24.4. The molecule has 2 rings (SSSR count). The summed E-state index contributed by atoms with van der Waals surface area (Å²) in [6, 6.07) is 16.2. The van der Waals surface area contributed by atoms with Crippen molar-refractivity contribution in [3.05, 3.63) is 59.7 Å². The van der Waals surface area contributed by atoms with Gasteiger partial charge >= 0.3 is 6.03 Å². The molecular formula is C31H48N2O. The number of primary amides is 1. The number of hydrogen-bond acceptors (Lipinski definition) is 1. The summed E-state index contributed by atoms with van der Waals surface area (Å²) in [5, 5.41) is 0. The number of unbranched alkanes of at least 4 members (excludes halogenated alkanes) is 12. The molecule has 2 N–H and O–H groups in total. The lowest BCUT2D eigenvalue weighted by Gasteiger charge is -2.21. The number of rotatable bonds is 18. The van der Waals surface area contributed by atoms with E-state index in [2.05, 4.69) is 38.1 Å². The summed E-state index contributed by atoms with van der Waals surface area (Å²) in [4.78, 5) is 13.9. The van der Waals surface area contributed by atoms with Crippen LogP contribution in [0.4, 0.5) is 16.2 Å². The monoisotopic (exact) mass is 464 g/mol. The van der Waals surface area contributed by atoms with Crippen LogP contribution >= 0.6 is 0 Å². The van der Waals surface area contributed by atoms with Crippen LogP contribution in [0.2, 0.25) is 0 Å². The van der Waals surface area contributed by atoms with Crippen molar-refractivity contribution in [3.8, 4) is 0 Å². The van der Waals surface area contributed by atoms with Gasteiger partial charge in [-0.1, -0.05) is 115 Å². The molecule has 0 aromatic heterocycles. The topological polar surface area (TPSA) is 46.3 Å². The Balaban J connectivity index is 1.81. The van der Waals surface area contributed by atoms with E-state index in [9.17, 15) is 4.79 Å². The van der Waals surface area contributed by atoms with Gasteiger partial charge in [0.05, 0.1) is 11.4 Å². The third kappa shape index (κ3) is 10.8. The average molecular weight is 465 g/mol. The fourth-order valence-electron chi connectivity index (χ4n) is 4.60. The molecular weight excluding hydrogens is 416 g/mol. The van der Waals surface area contributed by atoms with Gasteiger partial charge in [-0.3, -0.25) is 4.90 Å². The molecule has 2 amide bonds. The zero-order valence-corrected chi connectivity index (χ0v) is 21.9. The van der Waals surface area contributed by atoms with E-state index in [4.69, 9.17) is 5.73 Å². The van der Waals surface area contributed by atoms with E-state index in [1.165, 1.54) is 101 Å². The summed E-state index contributed by atoms with van der Waals surface area (Å²) < 4.78 is 0. The first-order valence-corrected chi connectivity index (χ1v) is 13.9. The van der Waals surface area contributed by atoms with E-state index >= 15 is 0 Å². The molecule has 3 nitrogen and oxygen atoms in total. The van der Waals surface area contributed by atoms with Crippen molar-refractivity contribution in [2.75, 3.05) is 4.90 Å². The van der Waals surface area contributed by atoms with Crippen LogP contribution in [0.1, 0.15) is 115 Å². The molecule has 0 saturated carbocycles. The fraction of sp³-hybridized carbons (Fsp3) is 0.581. The van der Waals surface area contributed by atoms with Crippen molar-refractivity contribution in [2.45, 2.75) is 117 Å². The maximum atomic E-state index is 12.3. The number of benzene rings is 2. The molecule has 0 aliphatic heterocycles. The summed E-state index contributed by atoms with van der Waals surface area (Å²) >= 11 is 0. The van der Waals surface area contributed by atoms with Crippen molar-refractivity contribution in [3.63, 3.8) is 0 Å². The highest BCUT2D eigenvalue weighted by Crippen LogP contribution is 2.27. The second-order valence-electron chi connectivity index (χ2n) is 9.75. The number of anilines is 2. The number of hydrogen-bond donors (Lipinski definition) is 1. The Hall–Kier alpha value is -2.29. The first-order chi connectivity index (χ1) is 16.7. The Morgan fingerprint density at radius 2 is 0.882 bits per heavy atom. The van der Waals surface area contributed by atoms with Crippen LogP contribution in [0, 0.1) is 0 Å². The number of carbonyl (C=O) groups excluding carboxylic acids is 1. The van der Waals surface area contributed by atoms with Crippen molar-refractivity contribution in [1.82, 2.24) is 0 Å². The second-order valence-corrected chi connectivity index (χ2v) is 9.75. The van der Waals surface area contributed by atoms with Crippen LogP contribution in [-0.2, 0) is 12.8 Å². The van der Waals surface area contributed by atoms with Gasteiger partial charge in [0.15, 0.2) is 0 Å². The van der Waals surface area contributed by atoms with E-state index in [-0.39, 0.29) is 0 Å². The predicted octanol–water partition coefficient (Wildman–Crippen LogP) is 9.49. The number of nitrogens with two attached hydrogens (primary N) is 1. The quantitative estimate of drug-likeness (QED) is 0.219. The molecule has 2 aromatic carbocycles. The fourth-order valence-corrected chi connectivity index (χ4v) is 4.60. The van der Waals surface area contributed by atoms with E-state index in [0.29, 0.717) is 0 Å². The highest BCUT2D eigenvalue weighted by Gasteiger charge is 2.15. The van der Waals surface area contributed by atoms with Gasteiger partial charge in [-0.05, 0) is 61.1 Å². The number of aryl methyl sites for hydroxylation is 2. The van der Waals surface area contributed by atoms with E-state index < -0.39 is 6.03 Å². The zero-order valence-electron chi connectivity index (χ0n) is 21.9. The maximum absolute atomic E-state index is 12.3. The molecule has 0 aliphatic rings. The molecule has 188 valence electrons. The van der Waals surface area contributed by atoms with Crippen LogP contribution in [-0.4, -0.2) is 6.03 Å². The molecule has 34 heavy (non-hydrogen) atoms. The molecule has 0 fully saturated rings. The molecule has 0 heterocycles. The Morgan fingerprint density at radius 3 is 1.21 bits per heavy atom. The third-order valence-electron chi connectivity index (χ3n) is 6.75. The minimum absolute atomic E-state index is 0.445. The van der Waals surface area contributed by atoms with Gasteiger partial charge < -0.3 is 5.73 Å². The maximum Gasteiger partial charge on any atom is 0.323 e. The van der Waals surface area contributed by atoms with E-state index in [0.717, 1.165) is 24.2 Å². The van der Waals surface area contributed by atoms with Gasteiger partial charge in [-0.15, -0.1) is 0 Å². The van der Waals surface area contributed by atoms with Gasteiger partial charge in [0.25, 0.3) is 0 Å². The summed E-state index contributed by atoms with van der Waals surface area (Å²) in [5.74, 6) is 0. The minimum Gasteiger partial charge on any atom is -0.351 e. The van der Waals surface area contributed by atoms with Gasteiger partial charge in [0.2, 0.25) is 0 Å². The van der Waals surface area contributed by atoms with Crippen LogP contribution in [0.15, 0.2) is 48.5 Å². The van der Waals surface area contributed by atoms with Crippen molar-refractivity contribution in [1.29, 1.82) is 0 Å². The second kappa shape index (κ2) is 17.2. The number of nitrogens with zero attached hydrogens (tertiary/aromatic N) is 1. The summed E-state index contributed by atoms with van der Waals surface area (Å²) in [5.41, 5.74) is 10.1. The highest BCUT2D eigenvalue weighted by atomic mass is 16.2. The van der Waals surface area contributed by atoms with Gasteiger partial charge in [-0.25, -0.2) is 4.79 Å². The first kappa shape index (κ1) is 28.0. The molecule has 0 bridgehead atoms. The SMILES string of the molecule is CCCCCCCCCc1ccc(N(C(N)=O)c2ccc(CCCCCCCCC)cc2)cc1. The molecule has 0 radical (unpaired) electrons. The van der Waals surface area contributed by atoms with E-state index in [1.54, 1.807) is 4.90 Å². The van der Waals surface area contributed by atoms with Crippen LogP contribution in [0.5, 0.6) is 0 Å². The Labute approximate surface area is 209 Å². The normalized spacial score (nSPS) is 11.0. The largest absolute Gasteiger partial charge is 0.351 e. The third-order valence-corrected chi connectivity index (χ3v) is 6.75. The Bertz CT molecular complexity index is 721. The summed E-state index contributed by atoms with van der Waals surface area (Å²) in [6.45, 7) is 4.52. The van der Waals surface area contributed by atoms with Crippen molar-refractivity contribution in [2.24, 2.45) is 5.73 Å². The average Bonchev–Trinajstić information content (AvgIpc) is 2.85. The highest BCUT2D eigenvalue weighted by molar-refractivity contribution is 5.98. The molecule has 0 unspecified atom stereocenters.